The highest BCUT2D eigenvalue weighted by atomic mass is 35.5. The van der Waals surface area contributed by atoms with Crippen molar-refractivity contribution in [2.24, 2.45) is 5.92 Å². The third-order valence-corrected chi connectivity index (χ3v) is 5.27. The number of hydrogen-bond acceptors (Lipinski definition) is 2. The first-order valence-corrected chi connectivity index (χ1v) is 7.74. The van der Waals surface area contributed by atoms with Crippen molar-refractivity contribution < 1.29 is 13.2 Å². The van der Waals surface area contributed by atoms with E-state index in [2.05, 4.69) is 4.98 Å². The minimum Gasteiger partial charge on any atom is -0.241 e. The van der Waals surface area contributed by atoms with Crippen LogP contribution in [0.5, 0.6) is 0 Å². The molecule has 0 fully saturated rings. The Morgan fingerprint density at radius 1 is 1.14 bits per heavy atom. The molecule has 1 unspecified atom stereocenters. The maximum absolute atomic E-state index is 12.6. The molecule has 0 radical (unpaired) electrons. The van der Waals surface area contributed by atoms with Crippen LogP contribution >= 0.6 is 22.9 Å². The van der Waals surface area contributed by atoms with E-state index >= 15 is 0 Å². The van der Waals surface area contributed by atoms with Crippen molar-refractivity contribution in [3.05, 3.63) is 40.4 Å². The molecule has 1 nitrogen and oxygen atoms in total. The van der Waals surface area contributed by atoms with Gasteiger partial charge in [0.25, 0.3) is 0 Å². The first-order valence-electron chi connectivity index (χ1n) is 6.49. The predicted octanol–water partition coefficient (Wildman–Crippen LogP) is 6.07. The molecule has 0 saturated carbocycles. The topological polar surface area (TPSA) is 12.9 Å². The van der Waals surface area contributed by atoms with E-state index in [1.807, 2.05) is 20.8 Å². The van der Waals surface area contributed by atoms with E-state index in [0.29, 0.717) is 10.6 Å². The molecular formula is C15H15ClF3NS. The summed E-state index contributed by atoms with van der Waals surface area (Å²) in [6.07, 6.45) is -4.32. The van der Waals surface area contributed by atoms with Gasteiger partial charge in [0.15, 0.2) is 0 Å². The van der Waals surface area contributed by atoms with E-state index in [1.165, 1.54) is 23.5 Å². The van der Waals surface area contributed by atoms with Gasteiger partial charge in [-0.2, -0.15) is 13.2 Å². The largest absolute Gasteiger partial charge is 0.416 e. The van der Waals surface area contributed by atoms with E-state index < -0.39 is 11.7 Å². The molecule has 0 aliphatic heterocycles. The molecule has 114 valence electrons. The maximum atomic E-state index is 12.6. The smallest absolute Gasteiger partial charge is 0.241 e. The second kappa shape index (κ2) is 5.97. The Morgan fingerprint density at radius 2 is 1.71 bits per heavy atom. The third-order valence-electron chi connectivity index (χ3n) is 3.13. The van der Waals surface area contributed by atoms with Gasteiger partial charge in [-0.15, -0.1) is 22.9 Å². The second-order valence-electron chi connectivity index (χ2n) is 5.19. The van der Waals surface area contributed by atoms with Gasteiger partial charge in [0.1, 0.15) is 5.01 Å². The van der Waals surface area contributed by atoms with Gasteiger partial charge in [-0.1, -0.05) is 26.0 Å². The van der Waals surface area contributed by atoms with E-state index in [0.717, 1.165) is 22.7 Å². The van der Waals surface area contributed by atoms with Crippen molar-refractivity contribution in [2.45, 2.75) is 32.3 Å². The summed E-state index contributed by atoms with van der Waals surface area (Å²) in [5.74, 6) is 0.270. The molecule has 0 aliphatic carbocycles. The minimum atomic E-state index is -4.32. The first kappa shape index (κ1) is 16.3. The average Bonchev–Trinajstić information content (AvgIpc) is 2.79. The Hall–Kier alpha value is -1.07. The van der Waals surface area contributed by atoms with Gasteiger partial charge in [0, 0.05) is 10.4 Å². The summed E-state index contributed by atoms with van der Waals surface area (Å²) in [7, 11) is 0. The minimum absolute atomic E-state index is 0.134. The van der Waals surface area contributed by atoms with Gasteiger partial charge >= 0.3 is 6.18 Å². The zero-order chi connectivity index (χ0) is 15.8. The Balaban J connectivity index is 2.33. The van der Waals surface area contributed by atoms with Crippen LogP contribution in [0.2, 0.25) is 0 Å². The summed E-state index contributed by atoms with van der Waals surface area (Å²) in [6, 6.07) is 5.05. The number of alkyl halides is 4. The van der Waals surface area contributed by atoms with E-state index in [9.17, 15) is 13.2 Å². The lowest BCUT2D eigenvalue weighted by Gasteiger charge is -2.11. The van der Waals surface area contributed by atoms with Crippen molar-refractivity contribution in [2.75, 3.05) is 0 Å². The summed E-state index contributed by atoms with van der Waals surface area (Å²) in [6.45, 7) is 5.92. The van der Waals surface area contributed by atoms with Crippen LogP contribution in [-0.4, -0.2) is 4.98 Å². The molecule has 1 heterocycles. The number of nitrogens with zero attached hydrogens (tertiary/aromatic N) is 1. The second-order valence-corrected chi connectivity index (χ2v) is 6.69. The molecule has 0 amide bonds. The normalized spacial score (nSPS) is 13.7. The number of halogens is 4. The quantitative estimate of drug-likeness (QED) is 0.621. The molecule has 6 heteroatoms. The van der Waals surface area contributed by atoms with Crippen LogP contribution in [0.4, 0.5) is 13.2 Å². The summed E-state index contributed by atoms with van der Waals surface area (Å²) < 4.78 is 37.7. The average molecular weight is 334 g/mol. The molecule has 2 rings (SSSR count). The Morgan fingerprint density at radius 3 is 2.19 bits per heavy atom. The number of thiazole rings is 1. The van der Waals surface area contributed by atoms with Crippen LogP contribution in [0.3, 0.4) is 0 Å². The van der Waals surface area contributed by atoms with Crippen molar-refractivity contribution in [3.63, 3.8) is 0 Å². The monoisotopic (exact) mass is 333 g/mol. The summed E-state index contributed by atoms with van der Waals surface area (Å²) in [4.78, 5) is 5.40. The van der Waals surface area contributed by atoms with Crippen LogP contribution in [0, 0.1) is 12.8 Å². The van der Waals surface area contributed by atoms with Crippen LogP contribution in [0.1, 0.15) is 35.4 Å². The zero-order valence-electron chi connectivity index (χ0n) is 11.8. The van der Waals surface area contributed by atoms with Crippen LogP contribution in [-0.2, 0) is 6.18 Å². The molecule has 2 aromatic rings. The fourth-order valence-electron chi connectivity index (χ4n) is 1.89. The maximum Gasteiger partial charge on any atom is 0.416 e. The fourth-order valence-corrected chi connectivity index (χ4v) is 3.41. The number of benzene rings is 1. The molecule has 1 aromatic carbocycles. The highest BCUT2D eigenvalue weighted by Crippen LogP contribution is 2.39. The number of aryl methyl sites for hydroxylation is 1. The number of aromatic nitrogens is 1. The molecule has 0 aliphatic rings. The third kappa shape index (κ3) is 3.58. The summed E-state index contributed by atoms with van der Waals surface area (Å²) >= 11 is 7.79. The zero-order valence-corrected chi connectivity index (χ0v) is 13.4. The predicted molar refractivity (Wildman–Crippen MR) is 80.7 cm³/mol. The highest BCUT2D eigenvalue weighted by Gasteiger charge is 2.30. The number of hydrogen-bond donors (Lipinski definition) is 0. The van der Waals surface area contributed by atoms with Crippen LogP contribution < -0.4 is 0 Å². The Kier molecular flexibility index (Phi) is 4.63. The molecular weight excluding hydrogens is 319 g/mol. The standard InChI is InChI=1S/C15H15ClF3NS/c1-8(2)12(16)13-9(3)20-14(21-13)10-4-6-11(7-5-10)15(17,18)19/h4-8,12H,1-3H3. The lowest BCUT2D eigenvalue weighted by atomic mass is 10.1. The van der Waals surface area contributed by atoms with Gasteiger partial charge in [-0.05, 0) is 25.0 Å². The van der Waals surface area contributed by atoms with E-state index in [-0.39, 0.29) is 11.3 Å². The number of rotatable bonds is 3. The Labute approximate surface area is 130 Å². The van der Waals surface area contributed by atoms with Gasteiger partial charge in [-0.25, -0.2) is 4.98 Å². The van der Waals surface area contributed by atoms with Crippen molar-refractivity contribution in [3.8, 4) is 10.6 Å². The molecule has 21 heavy (non-hydrogen) atoms. The van der Waals surface area contributed by atoms with Crippen molar-refractivity contribution in [1.29, 1.82) is 0 Å². The highest BCUT2D eigenvalue weighted by molar-refractivity contribution is 7.15. The van der Waals surface area contributed by atoms with E-state index in [1.54, 1.807) is 0 Å². The SMILES string of the molecule is Cc1nc(-c2ccc(C(F)(F)F)cc2)sc1C(Cl)C(C)C. The molecule has 0 N–H and O–H groups in total. The molecule has 1 atom stereocenters. The lowest BCUT2D eigenvalue weighted by molar-refractivity contribution is -0.137. The molecule has 0 spiro atoms. The molecule has 1 aromatic heterocycles. The summed E-state index contributed by atoms with van der Waals surface area (Å²) in [5.41, 5.74) is 0.857. The van der Waals surface area contributed by atoms with E-state index in [4.69, 9.17) is 11.6 Å². The van der Waals surface area contributed by atoms with Crippen molar-refractivity contribution in [1.82, 2.24) is 4.98 Å². The van der Waals surface area contributed by atoms with Gasteiger partial charge in [0.2, 0.25) is 0 Å². The van der Waals surface area contributed by atoms with Gasteiger partial charge in [-0.3, -0.25) is 0 Å². The van der Waals surface area contributed by atoms with Crippen LogP contribution in [0.25, 0.3) is 10.6 Å². The fraction of sp³-hybridized carbons (Fsp3) is 0.400. The first-order chi connectivity index (χ1) is 9.70. The van der Waals surface area contributed by atoms with Gasteiger partial charge < -0.3 is 0 Å². The lowest BCUT2D eigenvalue weighted by Crippen LogP contribution is -2.03. The summed E-state index contributed by atoms with van der Waals surface area (Å²) in [5, 5.41) is 0.563. The van der Waals surface area contributed by atoms with Crippen molar-refractivity contribution >= 4 is 22.9 Å². The molecule has 0 saturated heterocycles. The molecule has 0 bridgehead atoms. The van der Waals surface area contributed by atoms with Gasteiger partial charge in [0.05, 0.1) is 16.6 Å². The van der Waals surface area contributed by atoms with Crippen LogP contribution in [0.15, 0.2) is 24.3 Å². The Bertz CT molecular complexity index is 617.